The molecule has 1 aromatic rings. The van der Waals surface area contributed by atoms with E-state index in [0.717, 1.165) is 24.5 Å². The molecule has 88 valence electrons. The van der Waals surface area contributed by atoms with Gasteiger partial charge in [0.05, 0.1) is 6.17 Å². The Bertz CT molecular complexity index is 354. The minimum Gasteiger partial charge on any atom is -0.316 e. The maximum Gasteiger partial charge on any atom is 0.0577 e. The predicted octanol–water partition coefficient (Wildman–Crippen LogP) is 2.82. The van der Waals surface area contributed by atoms with Crippen LogP contribution in [0.2, 0.25) is 5.02 Å². The van der Waals surface area contributed by atoms with E-state index in [0.29, 0.717) is 5.92 Å². The average molecular weight is 239 g/mol. The summed E-state index contributed by atoms with van der Waals surface area (Å²) in [6, 6.07) is 8.17. The quantitative estimate of drug-likeness (QED) is 0.859. The van der Waals surface area contributed by atoms with E-state index < -0.39 is 0 Å². The van der Waals surface area contributed by atoms with E-state index in [9.17, 15) is 0 Å². The molecular weight excluding hydrogens is 220 g/mol. The van der Waals surface area contributed by atoms with Gasteiger partial charge in [-0.1, -0.05) is 30.7 Å². The first kappa shape index (κ1) is 11.9. The molecule has 3 heteroatoms. The number of rotatable bonds is 2. The van der Waals surface area contributed by atoms with E-state index in [-0.39, 0.29) is 6.17 Å². The van der Waals surface area contributed by atoms with Crippen molar-refractivity contribution in [2.24, 2.45) is 5.73 Å². The Morgan fingerprint density at radius 3 is 2.94 bits per heavy atom. The molecule has 0 bridgehead atoms. The summed E-state index contributed by atoms with van der Waals surface area (Å²) in [5, 5.41) is 0.823. The van der Waals surface area contributed by atoms with Gasteiger partial charge in [-0.05, 0) is 43.0 Å². The average Bonchev–Trinajstić information content (AvgIpc) is 2.29. The summed E-state index contributed by atoms with van der Waals surface area (Å²) >= 11 is 6.01. The highest BCUT2D eigenvalue weighted by atomic mass is 35.5. The predicted molar refractivity (Wildman–Crippen MR) is 68.6 cm³/mol. The Morgan fingerprint density at radius 2 is 2.31 bits per heavy atom. The zero-order valence-corrected chi connectivity index (χ0v) is 10.5. The first-order valence-corrected chi connectivity index (χ1v) is 6.33. The van der Waals surface area contributed by atoms with Crippen LogP contribution in [0.25, 0.3) is 0 Å². The van der Waals surface area contributed by atoms with E-state index in [1.165, 1.54) is 12.0 Å². The molecule has 1 aliphatic rings. The second kappa shape index (κ2) is 5.17. The third kappa shape index (κ3) is 2.57. The number of benzene rings is 1. The zero-order chi connectivity index (χ0) is 11.5. The van der Waals surface area contributed by atoms with Crippen LogP contribution in [0, 0.1) is 0 Å². The molecule has 2 atom stereocenters. The van der Waals surface area contributed by atoms with Crippen molar-refractivity contribution in [1.82, 2.24) is 4.90 Å². The van der Waals surface area contributed by atoms with Gasteiger partial charge < -0.3 is 5.73 Å². The lowest BCUT2D eigenvalue weighted by Crippen LogP contribution is -2.47. The molecular formula is C13H19ClN2. The Labute approximate surface area is 102 Å². The summed E-state index contributed by atoms with van der Waals surface area (Å²) in [6.45, 7) is 4.30. The number of halogens is 1. The first-order chi connectivity index (χ1) is 7.70. The lowest BCUT2D eigenvalue weighted by Gasteiger charge is -2.36. The van der Waals surface area contributed by atoms with Crippen LogP contribution >= 0.6 is 11.6 Å². The Hall–Kier alpha value is -0.570. The van der Waals surface area contributed by atoms with Crippen molar-refractivity contribution in [2.75, 3.05) is 13.1 Å². The highest BCUT2D eigenvalue weighted by Crippen LogP contribution is 2.30. The number of piperidine rings is 1. The van der Waals surface area contributed by atoms with Crippen molar-refractivity contribution in [3.8, 4) is 0 Å². The summed E-state index contributed by atoms with van der Waals surface area (Å²) in [7, 11) is 0. The Kier molecular flexibility index (Phi) is 3.85. The van der Waals surface area contributed by atoms with Crippen molar-refractivity contribution in [2.45, 2.75) is 31.8 Å². The Morgan fingerprint density at radius 1 is 1.50 bits per heavy atom. The Balaban J connectivity index is 2.07. The second-order valence-electron chi connectivity index (χ2n) is 4.47. The van der Waals surface area contributed by atoms with Gasteiger partial charge in [0.2, 0.25) is 0 Å². The van der Waals surface area contributed by atoms with Gasteiger partial charge in [0.1, 0.15) is 0 Å². The van der Waals surface area contributed by atoms with Crippen molar-refractivity contribution < 1.29 is 0 Å². The molecule has 0 radical (unpaired) electrons. The van der Waals surface area contributed by atoms with E-state index in [4.69, 9.17) is 17.3 Å². The number of nitrogens with two attached hydrogens (primary N) is 1. The fourth-order valence-corrected chi connectivity index (χ4v) is 2.70. The summed E-state index contributed by atoms with van der Waals surface area (Å²) in [5.74, 6) is 0.566. The molecule has 0 saturated carbocycles. The largest absolute Gasteiger partial charge is 0.316 e. The van der Waals surface area contributed by atoms with Gasteiger partial charge in [0.15, 0.2) is 0 Å². The molecule has 16 heavy (non-hydrogen) atoms. The summed E-state index contributed by atoms with van der Waals surface area (Å²) in [6.07, 6.45) is 2.42. The molecule has 1 saturated heterocycles. The van der Waals surface area contributed by atoms with E-state index in [1.54, 1.807) is 0 Å². The number of nitrogens with zero attached hydrogens (tertiary/aromatic N) is 1. The maximum absolute atomic E-state index is 6.15. The van der Waals surface area contributed by atoms with E-state index in [1.807, 2.05) is 12.1 Å². The molecule has 1 aliphatic heterocycles. The van der Waals surface area contributed by atoms with Crippen LogP contribution in [0.3, 0.4) is 0 Å². The molecule has 1 aromatic carbocycles. The van der Waals surface area contributed by atoms with Crippen LogP contribution in [0.4, 0.5) is 0 Å². The molecule has 2 nitrogen and oxygen atoms in total. The first-order valence-electron chi connectivity index (χ1n) is 5.95. The van der Waals surface area contributed by atoms with Crippen molar-refractivity contribution in [1.29, 1.82) is 0 Å². The monoisotopic (exact) mass is 238 g/mol. The fourth-order valence-electron chi connectivity index (χ4n) is 2.50. The highest BCUT2D eigenvalue weighted by Gasteiger charge is 2.25. The van der Waals surface area contributed by atoms with Crippen LogP contribution < -0.4 is 5.73 Å². The number of hydrogen-bond donors (Lipinski definition) is 1. The van der Waals surface area contributed by atoms with Crippen LogP contribution in [-0.4, -0.2) is 24.2 Å². The van der Waals surface area contributed by atoms with Crippen LogP contribution in [-0.2, 0) is 0 Å². The normalized spacial score (nSPS) is 26.9. The van der Waals surface area contributed by atoms with Crippen molar-refractivity contribution >= 4 is 11.6 Å². The number of likely N-dealkylation sites (tertiary alicyclic amines) is 1. The van der Waals surface area contributed by atoms with Crippen molar-refractivity contribution in [3.63, 3.8) is 0 Å². The molecule has 2 unspecified atom stereocenters. The topological polar surface area (TPSA) is 29.3 Å². The third-order valence-electron chi connectivity index (χ3n) is 3.49. The lowest BCUT2D eigenvalue weighted by atomic mass is 9.88. The van der Waals surface area contributed by atoms with Crippen LogP contribution in [0.15, 0.2) is 24.3 Å². The molecule has 0 amide bonds. The second-order valence-corrected chi connectivity index (χ2v) is 4.91. The van der Waals surface area contributed by atoms with Gasteiger partial charge in [-0.3, -0.25) is 4.90 Å². The van der Waals surface area contributed by atoms with Crippen LogP contribution in [0.5, 0.6) is 0 Å². The standard InChI is InChI=1S/C13H19ClN2/c1-2-16-7-6-11(9-13(16)15)10-4-3-5-12(14)8-10/h3-5,8,11,13H,2,6-7,9,15H2,1H3. The summed E-state index contributed by atoms with van der Waals surface area (Å²) in [4.78, 5) is 2.33. The van der Waals surface area contributed by atoms with Crippen LogP contribution in [0.1, 0.15) is 31.2 Å². The zero-order valence-electron chi connectivity index (χ0n) is 9.70. The van der Waals surface area contributed by atoms with Gasteiger partial charge in [0.25, 0.3) is 0 Å². The molecule has 1 fully saturated rings. The molecule has 2 N–H and O–H groups in total. The smallest absolute Gasteiger partial charge is 0.0577 e. The van der Waals surface area contributed by atoms with Gasteiger partial charge in [-0.25, -0.2) is 0 Å². The third-order valence-corrected chi connectivity index (χ3v) is 3.72. The van der Waals surface area contributed by atoms with E-state index in [2.05, 4.69) is 24.0 Å². The fraction of sp³-hybridized carbons (Fsp3) is 0.538. The molecule has 0 aromatic heterocycles. The maximum atomic E-state index is 6.15. The number of hydrogen-bond acceptors (Lipinski definition) is 2. The van der Waals surface area contributed by atoms with Gasteiger partial charge in [0, 0.05) is 11.6 Å². The summed E-state index contributed by atoms with van der Waals surface area (Å²) < 4.78 is 0. The highest BCUT2D eigenvalue weighted by molar-refractivity contribution is 6.30. The minimum atomic E-state index is 0.197. The minimum absolute atomic E-state index is 0.197. The van der Waals surface area contributed by atoms with Gasteiger partial charge in [-0.15, -0.1) is 0 Å². The molecule has 0 aliphatic carbocycles. The summed E-state index contributed by atoms with van der Waals surface area (Å²) in [5.41, 5.74) is 7.48. The van der Waals surface area contributed by atoms with Crippen molar-refractivity contribution in [3.05, 3.63) is 34.9 Å². The lowest BCUT2D eigenvalue weighted by molar-refractivity contribution is 0.146. The van der Waals surface area contributed by atoms with Gasteiger partial charge >= 0.3 is 0 Å². The molecule has 0 spiro atoms. The molecule has 2 rings (SSSR count). The molecule has 1 heterocycles. The van der Waals surface area contributed by atoms with E-state index >= 15 is 0 Å². The van der Waals surface area contributed by atoms with Gasteiger partial charge in [-0.2, -0.15) is 0 Å². The SMILES string of the molecule is CCN1CCC(c2cccc(Cl)c2)CC1N.